The van der Waals surface area contributed by atoms with E-state index in [0.717, 1.165) is 31.5 Å². The van der Waals surface area contributed by atoms with E-state index >= 15 is 0 Å². The maximum Gasteiger partial charge on any atom is 0.118 e. The van der Waals surface area contributed by atoms with Crippen molar-refractivity contribution < 1.29 is 0 Å². The fourth-order valence-electron chi connectivity index (χ4n) is 3.13. The van der Waals surface area contributed by atoms with Gasteiger partial charge in [-0.3, -0.25) is 0 Å². The van der Waals surface area contributed by atoms with Gasteiger partial charge in [0.05, 0.1) is 5.54 Å². The van der Waals surface area contributed by atoms with E-state index in [9.17, 15) is 0 Å². The first-order valence-corrected chi connectivity index (χ1v) is 8.31. The van der Waals surface area contributed by atoms with Crippen LogP contribution in [0.1, 0.15) is 47.2 Å². The fraction of sp³-hybridized carbons (Fsp3) is 0.471. The van der Waals surface area contributed by atoms with Crippen LogP contribution in [0.25, 0.3) is 0 Å². The maximum atomic E-state index is 4.80. The van der Waals surface area contributed by atoms with E-state index in [1.165, 1.54) is 21.7 Å². The highest BCUT2D eigenvalue weighted by Gasteiger charge is 2.42. The molecule has 20 heavy (non-hydrogen) atoms. The van der Waals surface area contributed by atoms with Crippen molar-refractivity contribution in [2.75, 3.05) is 6.54 Å². The molecule has 0 radical (unpaired) electrons. The van der Waals surface area contributed by atoms with Crippen LogP contribution in [-0.4, -0.2) is 11.5 Å². The van der Waals surface area contributed by atoms with Crippen LogP contribution in [-0.2, 0) is 12.0 Å². The van der Waals surface area contributed by atoms with Crippen LogP contribution < -0.4 is 5.32 Å². The number of hydrogen-bond acceptors (Lipinski definition) is 3. The first-order valence-electron chi connectivity index (χ1n) is 7.43. The summed E-state index contributed by atoms with van der Waals surface area (Å²) in [6, 6.07) is 6.87. The number of aromatic nitrogens is 1. The van der Waals surface area contributed by atoms with Crippen LogP contribution in [0, 0.1) is 13.8 Å². The number of aryl methyl sites for hydroxylation is 3. The SMILES string of the molecule is CCCNC1(c2nc(C)cs2)CCc2ccc(C)cc21. The third kappa shape index (κ3) is 2.19. The van der Waals surface area contributed by atoms with Gasteiger partial charge >= 0.3 is 0 Å². The molecule has 0 fully saturated rings. The van der Waals surface area contributed by atoms with E-state index in [1.54, 1.807) is 11.3 Å². The molecule has 0 saturated heterocycles. The Kier molecular flexibility index (Phi) is 3.65. The van der Waals surface area contributed by atoms with E-state index in [4.69, 9.17) is 4.98 Å². The minimum atomic E-state index is -0.0592. The maximum absolute atomic E-state index is 4.80. The minimum absolute atomic E-state index is 0.0592. The van der Waals surface area contributed by atoms with Gasteiger partial charge in [-0.25, -0.2) is 4.98 Å². The molecule has 1 aromatic heterocycles. The highest BCUT2D eigenvalue weighted by molar-refractivity contribution is 7.09. The normalized spacial score (nSPS) is 21.1. The zero-order chi connectivity index (χ0) is 14.2. The van der Waals surface area contributed by atoms with Gasteiger partial charge in [-0.1, -0.05) is 30.7 Å². The average Bonchev–Trinajstić information content (AvgIpc) is 3.01. The summed E-state index contributed by atoms with van der Waals surface area (Å²) in [6.07, 6.45) is 3.41. The lowest BCUT2D eigenvalue weighted by Gasteiger charge is -2.30. The first-order chi connectivity index (χ1) is 9.65. The van der Waals surface area contributed by atoms with Gasteiger partial charge in [-0.15, -0.1) is 11.3 Å². The van der Waals surface area contributed by atoms with Crippen molar-refractivity contribution >= 4 is 11.3 Å². The van der Waals surface area contributed by atoms with Crippen molar-refractivity contribution in [3.8, 4) is 0 Å². The third-order valence-corrected chi connectivity index (χ3v) is 5.28. The Morgan fingerprint density at radius 3 is 2.90 bits per heavy atom. The summed E-state index contributed by atoms with van der Waals surface area (Å²) in [5.74, 6) is 0. The van der Waals surface area contributed by atoms with Gasteiger partial charge in [0.1, 0.15) is 5.01 Å². The molecule has 2 nitrogen and oxygen atoms in total. The van der Waals surface area contributed by atoms with E-state index in [0.29, 0.717) is 0 Å². The molecule has 1 heterocycles. The molecule has 1 atom stereocenters. The number of benzene rings is 1. The van der Waals surface area contributed by atoms with Crippen LogP contribution >= 0.6 is 11.3 Å². The number of nitrogens with zero attached hydrogens (tertiary/aromatic N) is 1. The highest BCUT2D eigenvalue weighted by atomic mass is 32.1. The predicted octanol–water partition coefficient (Wildman–Crippen LogP) is 3.95. The molecule has 0 spiro atoms. The molecular formula is C17H22N2S. The molecule has 106 valence electrons. The van der Waals surface area contributed by atoms with Crippen molar-refractivity contribution in [3.05, 3.63) is 51.0 Å². The topological polar surface area (TPSA) is 24.9 Å². The van der Waals surface area contributed by atoms with Crippen LogP contribution in [0.3, 0.4) is 0 Å². The Bertz CT molecular complexity index is 617. The quantitative estimate of drug-likeness (QED) is 0.920. The summed E-state index contributed by atoms with van der Waals surface area (Å²) < 4.78 is 0. The van der Waals surface area contributed by atoms with Crippen LogP contribution in [0.5, 0.6) is 0 Å². The molecule has 3 heteroatoms. The largest absolute Gasteiger partial charge is 0.302 e. The lowest BCUT2D eigenvalue weighted by Crippen LogP contribution is -2.42. The molecule has 1 aliphatic carbocycles. The van der Waals surface area contributed by atoms with Gasteiger partial charge in [0.2, 0.25) is 0 Å². The molecule has 0 bridgehead atoms. The van der Waals surface area contributed by atoms with Crippen molar-refractivity contribution in [3.63, 3.8) is 0 Å². The molecule has 1 N–H and O–H groups in total. The predicted molar refractivity (Wildman–Crippen MR) is 85.4 cm³/mol. The first kappa shape index (κ1) is 13.8. The summed E-state index contributed by atoms with van der Waals surface area (Å²) >= 11 is 1.79. The lowest BCUT2D eigenvalue weighted by atomic mass is 9.91. The van der Waals surface area contributed by atoms with Gasteiger partial charge in [0, 0.05) is 11.1 Å². The molecular weight excluding hydrogens is 264 g/mol. The summed E-state index contributed by atoms with van der Waals surface area (Å²) in [5.41, 5.74) is 5.33. The Balaban J connectivity index is 2.12. The second-order valence-corrected chi connectivity index (χ2v) is 6.64. The third-order valence-electron chi connectivity index (χ3n) is 4.16. The summed E-state index contributed by atoms with van der Waals surface area (Å²) in [7, 11) is 0. The number of nitrogens with one attached hydrogen (secondary N) is 1. The van der Waals surface area contributed by atoms with E-state index in [1.807, 2.05) is 0 Å². The highest BCUT2D eigenvalue weighted by Crippen LogP contribution is 2.43. The molecule has 0 saturated carbocycles. The van der Waals surface area contributed by atoms with Gasteiger partial charge < -0.3 is 5.32 Å². The molecule has 0 aliphatic heterocycles. The molecule has 0 amide bonds. The number of fused-ring (bicyclic) bond motifs is 1. The second kappa shape index (κ2) is 5.30. The van der Waals surface area contributed by atoms with Crippen LogP contribution in [0.15, 0.2) is 23.6 Å². The van der Waals surface area contributed by atoms with Crippen molar-refractivity contribution in [1.82, 2.24) is 10.3 Å². The number of hydrogen-bond donors (Lipinski definition) is 1. The van der Waals surface area contributed by atoms with Crippen molar-refractivity contribution in [2.24, 2.45) is 0 Å². The average molecular weight is 286 g/mol. The van der Waals surface area contributed by atoms with Gasteiger partial charge in [-0.2, -0.15) is 0 Å². The van der Waals surface area contributed by atoms with Crippen molar-refractivity contribution in [2.45, 2.75) is 45.6 Å². The lowest BCUT2D eigenvalue weighted by molar-refractivity contribution is 0.397. The zero-order valence-electron chi connectivity index (χ0n) is 12.5. The molecule has 2 aromatic rings. The molecule has 1 aliphatic rings. The van der Waals surface area contributed by atoms with Crippen molar-refractivity contribution in [1.29, 1.82) is 0 Å². The van der Waals surface area contributed by atoms with E-state index in [2.05, 4.69) is 49.7 Å². The van der Waals surface area contributed by atoms with E-state index < -0.39 is 0 Å². The van der Waals surface area contributed by atoms with Gasteiger partial charge in [0.25, 0.3) is 0 Å². The number of rotatable bonds is 4. The number of thiazole rings is 1. The monoisotopic (exact) mass is 286 g/mol. The molecule has 1 aromatic carbocycles. The Hall–Kier alpha value is -1.19. The molecule has 3 rings (SSSR count). The molecule has 1 unspecified atom stereocenters. The summed E-state index contributed by atoms with van der Waals surface area (Å²) in [5, 5.41) is 7.20. The smallest absolute Gasteiger partial charge is 0.118 e. The van der Waals surface area contributed by atoms with Crippen LogP contribution in [0.2, 0.25) is 0 Å². The standard InChI is InChI=1S/C17H22N2S/c1-4-9-18-17(16-19-13(3)11-20-16)8-7-14-6-5-12(2)10-15(14)17/h5-6,10-11,18H,4,7-9H2,1-3H3. The second-order valence-electron chi connectivity index (χ2n) is 5.79. The fourth-order valence-corrected chi connectivity index (χ4v) is 4.15. The zero-order valence-corrected chi connectivity index (χ0v) is 13.3. The Morgan fingerprint density at radius 1 is 1.35 bits per heavy atom. The summed E-state index contributed by atoms with van der Waals surface area (Å²) in [4.78, 5) is 4.80. The van der Waals surface area contributed by atoms with E-state index in [-0.39, 0.29) is 5.54 Å². The van der Waals surface area contributed by atoms with Gasteiger partial charge in [-0.05, 0) is 50.8 Å². The van der Waals surface area contributed by atoms with Crippen LogP contribution in [0.4, 0.5) is 0 Å². The Morgan fingerprint density at radius 2 is 2.20 bits per heavy atom. The summed E-state index contributed by atoms with van der Waals surface area (Å²) in [6.45, 7) is 7.52. The Labute approximate surface area is 125 Å². The van der Waals surface area contributed by atoms with Gasteiger partial charge in [0.15, 0.2) is 0 Å². The minimum Gasteiger partial charge on any atom is -0.302 e.